The van der Waals surface area contributed by atoms with Gasteiger partial charge in [0.25, 0.3) is 0 Å². The molecule has 0 saturated carbocycles. The molecule has 1 rings (SSSR count). The van der Waals surface area contributed by atoms with Crippen LogP contribution in [0.25, 0.3) is 5.76 Å². The second kappa shape index (κ2) is 4.19. The number of nitrogens with one attached hydrogen (secondary N) is 1. The number of alkyl halides is 5. The van der Waals surface area contributed by atoms with Crippen LogP contribution >= 0.6 is 0 Å². The Balaban J connectivity index is 2.97. The molecule has 17 heavy (non-hydrogen) atoms. The smallest absolute Gasteiger partial charge is 0.461 e. The third-order valence-corrected chi connectivity index (χ3v) is 1.81. The van der Waals surface area contributed by atoms with Gasteiger partial charge in [-0.1, -0.05) is 0 Å². The van der Waals surface area contributed by atoms with E-state index in [0.29, 0.717) is 0 Å². The van der Waals surface area contributed by atoms with Crippen molar-refractivity contribution in [2.24, 2.45) is 0 Å². The predicted octanol–water partition coefficient (Wildman–Crippen LogP) is 2.68. The fourth-order valence-corrected chi connectivity index (χ4v) is 0.922. The molecule has 0 spiro atoms. The number of carbonyl (C=O) groups excluding carboxylic acids is 1. The highest BCUT2D eigenvalue weighted by atomic mass is 19.4. The molecule has 0 aliphatic carbocycles. The predicted molar refractivity (Wildman–Crippen MR) is 47.4 cm³/mol. The summed E-state index contributed by atoms with van der Waals surface area (Å²) >= 11 is 0. The van der Waals surface area contributed by atoms with Gasteiger partial charge in [0.05, 0.1) is 5.69 Å². The second-order valence-electron chi connectivity index (χ2n) is 3.05. The third-order valence-electron chi connectivity index (χ3n) is 1.81. The quantitative estimate of drug-likeness (QED) is 0.495. The van der Waals surface area contributed by atoms with E-state index < -0.39 is 23.6 Å². The van der Waals surface area contributed by atoms with Crippen molar-refractivity contribution in [2.75, 3.05) is 0 Å². The van der Waals surface area contributed by atoms with Gasteiger partial charge in [-0.3, -0.25) is 4.79 Å². The van der Waals surface area contributed by atoms with Crippen LogP contribution in [0.4, 0.5) is 22.0 Å². The molecule has 0 unspecified atom stereocenters. The van der Waals surface area contributed by atoms with E-state index in [4.69, 9.17) is 5.11 Å². The molecule has 0 radical (unpaired) electrons. The molecular formula is C9H6F5NO2. The van der Waals surface area contributed by atoms with Crippen molar-refractivity contribution < 1.29 is 31.9 Å². The first-order valence-electron chi connectivity index (χ1n) is 4.19. The number of carbonyl (C=O) groups is 1. The molecule has 1 aromatic rings. The van der Waals surface area contributed by atoms with Gasteiger partial charge < -0.3 is 10.1 Å². The number of aliphatic hydroxyl groups is 1. The van der Waals surface area contributed by atoms with E-state index in [9.17, 15) is 26.7 Å². The summed E-state index contributed by atoms with van der Waals surface area (Å²) in [5.41, 5.74) is -0.142. The van der Waals surface area contributed by atoms with Gasteiger partial charge in [0.2, 0.25) is 5.78 Å². The van der Waals surface area contributed by atoms with Crippen molar-refractivity contribution in [1.29, 1.82) is 0 Å². The Morgan fingerprint density at radius 2 is 1.88 bits per heavy atom. The van der Waals surface area contributed by atoms with Gasteiger partial charge in [-0.15, -0.1) is 0 Å². The number of aromatic amines is 1. The molecule has 0 aliphatic rings. The van der Waals surface area contributed by atoms with E-state index in [1.807, 2.05) is 0 Å². The van der Waals surface area contributed by atoms with Crippen LogP contribution in [-0.2, 0) is 4.79 Å². The zero-order valence-corrected chi connectivity index (χ0v) is 8.05. The minimum Gasteiger partial charge on any atom is -0.506 e. The van der Waals surface area contributed by atoms with E-state index in [1.165, 1.54) is 18.3 Å². The van der Waals surface area contributed by atoms with Crippen LogP contribution in [-0.4, -0.2) is 28.0 Å². The highest BCUT2D eigenvalue weighted by Crippen LogP contribution is 2.36. The van der Waals surface area contributed by atoms with Crippen LogP contribution < -0.4 is 0 Å². The Kier molecular flexibility index (Phi) is 3.25. The van der Waals surface area contributed by atoms with Crippen molar-refractivity contribution in [3.05, 3.63) is 30.1 Å². The summed E-state index contributed by atoms with van der Waals surface area (Å²) in [6, 6.07) is 2.57. The Morgan fingerprint density at radius 3 is 2.29 bits per heavy atom. The maximum atomic E-state index is 12.5. The van der Waals surface area contributed by atoms with E-state index in [-0.39, 0.29) is 11.8 Å². The molecular weight excluding hydrogens is 249 g/mol. The first-order valence-corrected chi connectivity index (χ1v) is 4.19. The minimum absolute atomic E-state index is 0.142. The SMILES string of the molecule is O=C(/C=C(\O)c1ccc[nH]1)C(F)(F)C(F)(F)F. The number of rotatable bonds is 3. The number of hydrogen-bond acceptors (Lipinski definition) is 2. The lowest BCUT2D eigenvalue weighted by molar-refractivity contribution is -0.266. The van der Waals surface area contributed by atoms with Crippen LogP contribution in [0, 0.1) is 0 Å². The number of aliphatic hydroxyl groups excluding tert-OH is 1. The number of hydrogen-bond donors (Lipinski definition) is 2. The average Bonchev–Trinajstić information content (AvgIpc) is 2.68. The van der Waals surface area contributed by atoms with Crippen LogP contribution in [0.15, 0.2) is 24.4 Å². The molecule has 0 atom stereocenters. The molecule has 2 N–H and O–H groups in total. The molecule has 0 saturated heterocycles. The lowest BCUT2D eigenvalue weighted by atomic mass is 10.1. The molecule has 0 aromatic carbocycles. The largest absolute Gasteiger partial charge is 0.506 e. The Morgan fingerprint density at radius 1 is 1.29 bits per heavy atom. The molecule has 3 nitrogen and oxygen atoms in total. The Labute approximate surface area is 91.6 Å². The standard InChI is InChI=1S/C9H6F5NO2/c10-8(11,9(12,13)14)7(17)4-6(16)5-2-1-3-15-5/h1-4,15-16H/b6-4-. The second-order valence-corrected chi connectivity index (χ2v) is 3.05. The van der Waals surface area contributed by atoms with E-state index >= 15 is 0 Å². The zero-order chi connectivity index (χ0) is 13.3. The van der Waals surface area contributed by atoms with Gasteiger partial charge in [0, 0.05) is 12.3 Å². The molecule has 0 amide bonds. The molecule has 0 aliphatic heterocycles. The number of H-pyrrole nitrogens is 1. The lowest BCUT2D eigenvalue weighted by Crippen LogP contribution is -2.43. The summed E-state index contributed by atoms with van der Waals surface area (Å²) < 4.78 is 60.3. The summed E-state index contributed by atoms with van der Waals surface area (Å²) in [5.74, 6) is -9.05. The number of aromatic nitrogens is 1. The maximum absolute atomic E-state index is 12.5. The van der Waals surface area contributed by atoms with Crippen LogP contribution in [0.2, 0.25) is 0 Å². The molecule has 1 aromatic heterocycles. The van der Waals surface area contributed by atoms with Gasteiger partial charge >= 0.3 is 12.1 Å². The molecule has 94 valence electrons. The number of ketones is 1. The van der Waals surface area contributed by atoms with Crippen LogP contribution in [0.3, 0.4) is 0 Å². The van der Waals surface area contributed by atoms with Crippen LogP contribution in [0.5, 0.6) is 0 Å². The summed E-state index contributed by atoms with van der Waals surface area (Å²) in [4.78, 5) is 13.0. The molecule has 0 fully saturated rings. The zero-order valence-electron chi connectivity index (χ0n) is 8.05. The molecule has 0 bridgehead atoms. The fourth-order valence-electron chi connectivity index (χ4n) is 0.922. The molecule has 8 heteroatoms. The monoisotopic (exact) mass is 255 g/mol. The van der Waals surface area contributed by atoms with Gasteiger partial charge in [0.15, 0.2) is 0 Å². The first-order chi connectivity index (χ1) is 7.66. The Bertz CT molecular complexity index is 433. The maximum Gasteiger partial charge on any atom is 0.461 e. The number of halogens is 5. The third kappa shape index (κ3) is 2.63. The van der Waals surface area contributed by atoms with E-state index in [2.05, 4.69) is 4.98 Å². The summed E-state index contributed by atoms with van der Waals surface area (Å²) in [6.45, 7) is 0. The highest BCUT2D eigenvalue weighted by Gasteiger charge is 2.62. The highest BCUT2D eigenvalue weighted by molar-refractivity contribution is 6.00. The van der Waals surface area contributed by atoms with Crippen molar-refractivity contribution in [2.45, 2.75) is 12.1 Å². The van der Waals surface area contributed by atoms with E-state index in [0.717, 1.165) is 0 Å². The lowest BCUT2D eigenvalue weighted by Gasteiger charge is -2.16. The summed E-state index contributed by atoms with van der Waals surface area (Å²) in [7, 11) is 0. The summed E-state index contributed by atoms with van der Waals surface area (Å²) in [5, 5.41) is 9.12. The van der Waals surface area contributed by atoms with Gasteiger partial charge in [-0.25, -0.2) is 0 Å². The van der Waals surface area contributed by atoms with Crippen molar-refractivity contribution in [3.8, 4) is 0 Å². The van der Waals surface area contributed by atoms with Gasteiger partial charge in [-0.05, 0) is 12.1 Å². The fraction of sp³-hybridized carbons (Fsp3) is 0.222. The molecule has 1 heterocycles. The van der Waals surface area contributed by atoms with Crippen LogP contribution in [0.1, 0.15) is 5.69 Å². The average molecular weight is 255 g/mol. The normalized spacial score (nSPS) is 13.8. The Hall–Kier alpha value is -1.86. The first kappa shape index (κ1) is 13.2. The van der Waals surface area contributed by atoms with Crippen molar-refractivity contribution in [3.63, 3.8) is 0 Å². The van der Waals surface area contributed by atoms with Gasteiger partial charge in [-0.2, -0.15) is 22.0 Å². The van der Waals surface area contributed by atoms with Crippen molar-refractivity contribution >= 4 is 11.5 Å². The summed E-state index contributed by atoms with van der Waals surface area (Å²) in [6.07, 6.45) is -4.86. The van der Waals surface area contributed by atoms with Crippen molar-refractivity contribution in [1.82, 2.24) is 4.98 Å². The number of allylic oxidation sites excluding steroid dienone is 1. The van der Waals surface area contributed by atoms with E-state index in [1.54, 1.807) is 0 Å². The minimum atomic E-state index is -5.99. The van der Waals surface area contributed by atoms with Gasteiger partial charge in [0.1, 0.15) is 5.76 Å². The topological polar surface area (TPSA) is 53.1 Å².